The van der Waals surface area contributed by atoms with Gasteiger partial charge in [-0.2, -0.15) is 0 Å². The van der Waals surface area contributed by atoms with E-state index in [-0.39, 0.29) is 12.1 Å². The van der Waals surface area contributed by atoms with E-state index in [9.17, 15) is 9.59 Å². The molecule has 0 aromatic rings. The Morgan fingerprint density at radius 1 is 1.47 bits per heavy atom. The molecule has 0 radical (unpaired) electrons. The Balaban J connectivity index is 2.36. The Bertz CT molecular complexity index is 302. The van der Waals surface area contributed by atoms with Gasteiger partial charge in [0, 0.05) is 6.04 Å². The van der Waals surface area contributed by atoms with E-state index < -0.39 is 12.0 Å². The van der Waals surface area contributed by atoms with E-state index in [2.05, 4.69) is 16.7 Å². The first-order valence-electron chi connectivity index (χ1n) is 6.08. The second-order valence-electron chi connectivity index (χ2n) is 4.28. The predicted molar refractivity (Wildman–Crippen MR) is 64.8 cm³/mol. The van der Waals surface area contributed by atoms with Crippen molar-refractivity contribution in [3.05, 3.63) is 12.2 Å². The van der Waals surface area contributed by atoms with Gasteiger partial charge in [-0.1, -0.05) is 25.5 Å². The van der Waals surface area contributed by atoms with Gasteiger partial charge >= 0.3 is 12.0 Å². The molecule has 2 atom stereocenters. The quantitative estimate of drug-likeness (QED) is 0.639. The first-order valence-corrected chi connectivity index (χ1v) is 6.08. The molecule has 2 amide bonds. The average Bonchev–Trinajstić information content (AvgIpc) is 2.29. The summed E-state index contributed by atoms with van der Waals surface area (Å²) < 4.78 is 0. The van der Waals surface area contributed by atoms with Crippen molar-refractivity contribution in [2.45, 2.75) is 51.1 Å². The van der Waals surface area contributed by atoms with Crippen LogP contribution in [0, 0.1) is 0 Å². The summed E-state index contributed by atoms with van der Waals surface area (Å²) in [5.74, 6) is -0.981. The topological polar surface area (TPSA) is 78.4 Å². The lowest BCUT2D eigenvalue weighted by molar-refractivity contribution is -0.139. The van der Waals surface area contributed by atoms with Crippen molar-refractivity contribution in [1.29, 1.82) is 0 Å². The molecule has 0 aliphatic heterocycles. The maximum Gasteiger partial charge on any atom is 0.326 e. The highest BCUT2D eigenvalue weighted by atomic mass is 16.4. The summed E-state index contributed by atoms with van der Waals surface area (Å²) in [5, 5.41) is 14.2. The second-order valence-corrected chi connectivity index (χ2v) is 4.28. The third-order valence-electron chi connectivity index (χ3n) is 2.79. The highest BCUT2D eigenvalue weighted by molar-refractivity contribution is 5.82. The Morgan fingerprint density at radius 3 is 2.76 bits per heavy atom. The molecule has 0 saturated heterocycles. The van der Waals surface area contributed by atoms with Crippen molar-refractivity contribution in [2.75, 3.05) is 0 Å². The fraction of sp³-hybridized carbons (Fsp3) is 0.667. The molecule has 0 fully saturated rings. The minimum absolute atomic E-state index is 0.121. The van der Waals surface area contributed by atoms with Crippen LogP contribution in [0.4, 0.5) is 4.79 Å². The van der Waals surface area contributed by atoms with E-state index in [0.29, 0.717) is 6.42 Å². The van der Waals surface area contributed by atoms with Gasteiger partial charge in [-0.3, -0.25) is 0 Å². The Hall–Kier alpha value is -1.52. The standard InChI is InChI=1S/C12H20N2O3/c1-2-6-10(11(15)16)14-12(17)13-9-7-4-3-5-8-9/h3-4,9-10H,2,5-8H2,1H3,(H,15,16)(H2,13,14,17). The van der Waals surface area contributed by atoms with Gasteiger partial charge in [0.05, 0.1) is 0 Å². The van der Waals surface area contributed by atoms with Gasteiger partial charge in [-0.15, -0.1) is 0 Å². The molecule has 1 aliphatic carbocycles. The van der Waals surface area contributed by atoms with Gasteiger partial charge in [-0.25, -0.2) is 9.59 Å². The number of aliphatic carboxylic acids is 1. The molecule has 0 saturated carbocycles. The van der Waals surface area contributed by atoms with Crippen molar-refractivity contribution < 1.29 is 14.7 Å². The molecule has 0 aromatic heterocycles. The van der Waals surface area contributed by atoms with Gasteiger partial charge < -0.3 is 15.7 Å². The zero-order valence-electron chi connectivity index (χ0n) is 10.1. The maximum atomic E-state index is 11.6. The number of carbonyl (C=O) groups is 2. The second kappa shape index (κ2) is 6.93. The van der Waals surface area contributed by atoms with Gasteiger partial charge in [0.25, 0.3) is 0 Å². The molecule has 17 heavy (non-hydrogen) atoms. The molecule has 0 heterocycles. The fourth-order valence-corrected chi connectivity index (χ4v) is 1.86. The van der Waals surface area contributed by atoms with Crippen LogP contribution in [-0.2, 0) is 4.79 Å². The SMILES string of the molecule is CCCC(NC(=O)NC1CC=CCC1)C(=O)O. The molecule has 5 nitrogen and oxygen atoms in total. The first-order chi connectivity index (χ1) is 8.13. The summed E-state index contributed by atoms with van der Waals surface area (Å²) in [5.41, 5.74) is 0. The van der Waals surface area contributed by atoms with Crippen LogP contribution in [0.1, 0.15) is 39.0 Å². The largest absolute Gasteiger partial charge is 0.480 e. The van der Waals surface area contributed by atoms with E-state index >= 15 is 0 Å². The maximum absolute atomic E-state index is 11.6. The van der Waals surface area contributed by atoms with Crippen molar-refractivity contribution in [3.8, 4) is 0 Å². The zero-order valence-corrected chi connectivity index (χ0v) is 10.1. The van der Waals surface area contributed by atoms with E-state index in [1.165, 1.54) is 0 Å². The number of carboxylic acid groups (broad SMARTS) is 1. The number of carboxylic acids is 1. The van der Waals surface area contributed by atoms with Crippen LogP contribution in [0.3, 0.4) is 0 Å². The van der Waals surface area contributed by atoms with Gasteiger partial charge in [0.2, 0.25) is 0 Å². The monoisotopic (exact) mass is 240 g/mol. The van der Waals surface area contributed by atoms with Crippen LogP contribution in [0.25, 0.3) is 0 Å². The van der Waals surface area contributed by atoms with Gasteiger partial charge in [0.1, 0.15) is 6.04 Å². The molecule has 96 valence electrons. The number of amides is 2. The Kier molecular flexibility index (Phi) is 5.52. The lowest BCUT2D eigenvalue weighted by atomic mass is 10.0. The Morgan fingerprint density at radius 2 is 2.24 bits per heavy atom. The summed E-state index contributed by atoms with van der Waals surface area (Å²) in [6.45, 7) is 1.89. The number of rotatable bonds is 5. The first kappa shape index (κ1) is 13.5. The van der Waals surface area contributed by atoms with Crippen LogP contribution in [0.5, 0.6) is 0 Å². The highest BCUT2D eigenvalue weighted by Crippen LogP contribution is 2.10. The van der Waals surface area contributed by atoms with Crippen molar-refractivity contribution in [2.24, 2.45) is 0 Å². The fourth-order valence-electron chi connectivity index (χ4n) is 1.86. The van der Waals surface area contributed by atoms with E-state index in [1.54, 1.807) is 0 Å². The van der Waals surface area contributed by atoms with E-state index in [4.69, 9.17) is 5.11 Å². The summed E-state index contributed by atoms with van der Waals surface area (Å²) in [4.78, 5) is 22.5. The number of nitrogens with one attached hydrogen (secondary N) is 2. The third kappa shape index (κ3) is 4.89. The summed E-state index contributed by atoms with van der Waals surface area (Å²) >= 11 is 0. The smallest absolute Gasteiger partial charge is 0.326 e. The zero-order chi connectivity index (χ0) is 12.7. The van der Waals surface area contributed by atoms with Crippen LogP contribution in [0.2, 0.25) is 0 Å². The Labute approximate surface area is 101 Å². The van der Waals surface area contributed by atoms with Crippen LogP contribution in [-0.4, -0.2) is 29.2 Å². The molecule has 0 bridgehead atoms. The lowest BCUT2D eigenvalue weighted by Crippen LogP contribution is -2.49. The number of hydrogen-bond donors (Lipinski definition) is 3. The third-order valence-corrected chi connectivity index (χ3v) is 2.79. The number of urea groups is 1. The summed E-state index contributed by atoms with van der Waals surface area (Å²) in [6, 6.07) is -1.05. The molecule has 1 rings (SSSR count). The van der Waals surface area contributed by atoms with Gasteiger partial charge in [0.15, 0.2) is 0 Å². The highest BCUT2D eigenvalue weighted by Gasteiger charge is 2.20. The summed E-state index contributed by atoms with van der Waals surface area (Å²) in [6.07, 6.45) is 8.00. The minimum atomic E-state index is -0.981. The van der Waals surface area contributed by atoms with Crippen LogP contribution < -0.4 is 10.6 Å². The van der Waals surface area contributed by atoms with Crippen LogP contribution in [0.15, 0.2) is 12.2 Å². The van der Waals surface area contributed by atoms with Crippen LogP contribution >= 0.6 is 0 Å². The molecule has 2 unspecified atom stereocenters. The van der Waals surface area contributed by atoms with Crippen molar-refractivity contribution in [1.82, 2.24) is 10.6 Å². The van der Waals surface area contributed by atoms with Crippen molar-refractivity contribution in [3.63, 3.8) is 0 Å². The molecule has 1 aliphatic rings. The predicted octanol–water partition coefficient (Wildman–Crippen LogP) is 1.65. The summed E-state index contributed by atoms with van der Waals surface area (Å²) in [7, 11) is 0. The van der Waals surface area contributed by atoms with E-state index in [1.807, 2.05) is 13.0 Å². The normalized spacial score (nSPS) is 20.6. The molecule has 3 N–H and O–H groups in total. The van der Waals surface area contributed by atoms with E-state index in [0.717, 1.165) is 25.7 Å². The number of carbonyl (C=O) groups excluding carboxylic acids is 1. The minimum Gasteiger partial charge on any atom is -0.480 e. The number of hydrogen-bond acceptors (Lipinski definition) is 2. The average molecular weight is 240 g/mol. The molecule has 0 aromatic carbocycles. The van der Waals surface area contributed by atoms with Crippen molar-refractivity contribution >= 4 is 12.0 Å². The molecule has 0 spiro atoms. The molecular formula is C12H20N2O3. The number of allylic oxidation sites excluding steroid dienone is 1. The molecular weight excluding hydrogens is 220 g/mol. The molecule has 5 heteroatoms. The van der Waals surface area contributed by atoms with Gasteiger partial charge in [-0.05, 0) is 25.7 Å². The lowest BCUT2D eigenvalue weighted by Gasteiger charge is -2.21.